The smallest absolute Gasteiger partial charge is 0.0253 e. The third kappa shape index (κ3) is 4.43. The lowest BCUT2D eigenvalue weighted by molar-refractivity contribution is 0.222. The molecule has 0 aliphatic carbocycles. The normalized spacial score (nSPS) is 15.4. The van der Waals surface area contributed by atoms with Crippen molar-refractivity contribution in [2.45, 2.75) is 53.5 Å². The highest BCUT2D eigenvalue weighted by molar-refractivity contribution is 5.26. The molecule has 0 aliphatic rings. The molecule has 0 heterocycles. The van der Waals surface area contributed by atoms with Crippen LogP contribution in [0.5, 0.6) is 0 Å². The Bertz CT molecular complexity index is 366. The molecule has 18 heavy (non-hydrogen) atoms. The molecule has 2 atom stereocenters. The summed E-state index contributed by atoms with van der Waals surface area (Å²) in [7, 11) is 0. The number of hydrogen-bond acceptors (Lipinski definition) is 2. The molecule has 2 nitrogen and oxygen atoms in total. The quantitative estimate of drug-likeness (QED) is 0.619. The van der Waals surface area contributed by atoms with Gasteiger partial charge in [0.05, 0.1) is 0 Å². The van der Waals surface area contributed by atoms with Crippen LogP contribution < -0.4 is 11.3 Å². The van der Waals surface area contributed by atoms with Crippen molar-refractivity contribution in [2.75, 3.05) is 0 Å². The Balaban J connectivity index is 2.66. The van der Waals surface area contributed by atoms with Crippen LogP contribution in [0.1, 0.15) is 45.2 Å². The Kier molecular flexibility index (Phi) is 5.36. The highest BCUT2D eigenvalue weighted by atomic mass is 15.2. The summed E-state index contributed by atoms with van der Waals surface area (Å²) in [5.41, 5.74) is 6.05. The van der Waals surface area contributed by atoms with Crippen LogP contribution in [-0.4, -0.2) is 6.04 Å². The summed E-state index contributed by atoms with van der Waals surface area (Å²) in [6.07, 6.45) is 2.11. The second-order valence-electron chi connectivity index (χ2n) is 6.50. The van der Waals surface area contributed by atoms with Crippen molar-refractivity contribution in [3.05, 3.63) is 35.4 Å². The van der Waals surface area contributed by atoms with Crippen molar-refractivity contribution in [1.29, 1.82) is 0 Å². The first kappa shape index (κ1) is 15.2. The average Bonchev–Trinajstić information content (AvgIpc) is 2.29. The number of hydrazine groups is 1. The van der Waals surface area contributed by atoms with Gasteiger partial charge in [-0.2, -0.15) is 0 Å². The fraction of sp³-hybridized carbons (Fsp3) is 0.625. The summed E-state index contributed by atoms with van der Waals surface area (Å²) in [6, 6.07) is 8.89. The molecule has 0 aliphatic heterocycles. The molecule has 2 unspecified atom stereocenters. The minimum atomic E-state index is 0.334. The fourth-order valence-corrected chi connectivity index (χ4v) is 2.10. The minimum Gasteiger partial charge on any atom is -0.271 e. The van der Waals surface area contributed by atoms with E-state index in [2.05, 4.69) is 64.3 Å². The molecule has 0 radical (unpaired) electrons. The van der Waals surface area contributed by atoms with Crippen molar-refractivity contribution in [3.63, 3.8) is 0 Å². The van der Waals surface area contributed by atoms with E-state index in [1.807, 2.05) is 0 Å². The maximum absolute atomic E-state index is 5.71. The number of aryl methyl sites for hydroxylation is 1. The van der Waals surface area contributed by atoms with Crippen molar-refractivity contribution in [2.24, 2.45) is 17.2 Å². The van der Waals surface area contributed by atoms with Gasteiger partial charge in [0.15, 0.2) is 0 Å². The van der Waals surface area contributed by atoms with E-state index in [-0.39, 0.29) is 0 Å². The zero-order chi connectivity index (χ0) is 13.8. The van der Waals surface area contributed by atoms with E-state index < -0.39 is 0 Å². The van der Waals surface area contributed by atoms with Gasteiger partial charge in [-0.1, -0.05) is 52.0 Å². The first-order chi connectivity index (χ1) is 8.34. The Morgan fingerprint density at radius 1 is 1.22 bits per heavy atom. The lowest BCUT2D eigenvalue weighted by Gasteiger charge is -2.30. The molecular formula is C16H28N2. The predicted molar refractivity (Wildman–Crippen MR) is 79.2 cm³/mol. The van der Waals surface area contributed by atoms with Gasteiger partial charge in [-0.15, -0.1) is 0 Å². The van der Waals surface area contributed by atoms with Gasteiger partial charge in [-0.3, -0.25) is 11.3 Å². The molecule has 1 aromatic rings. The average molecular weight is 248 g/mol. The van der Waals surface area contributed by atoms with E-state index in [4.69, 9.17) is 5.84 Å². The van der Waals surface area contributed by atoms with Gasteiger partial charge < -0.3 is 0 Å². The van der Waals surface area contributed by atoms with E-state index in [1.54, 1.807) is 0 Å². The summed E-state index contributed by atoms with van der Waals surface area (Å²) in [6.45, 7) is 11.3. The zero-order valence-corrected chi connectivity index (χ0v) is 12.5. The van der Waals surface area contributed by atoms with Gasteiger partial charge in [0.25, 0.3) is 0 Å². The van der Waals surface area contributed by atoms with E-state index in [0.717, 1.165) is 12.8 Å². The van der Waals surface area contributed by atoms with E-state index >= 15 is 0 Å². The summed E-state index contributed by atoms with van der Waals surface area (Å²) >= 11 is 0. The summed E-state index contributed by atoms with van der Waals surface area (Å²) in [5.74, 6) is 6.35. The standard InChI is InChI=1S/C16H28N2/c1-12-8-6-7-9-14(12)11-15(18-17)10-13(2)16(3,4)5/h6-9,13,15,18H,10-11,17H2,1-5H3. The maximum Gasteiger partial charge on any atom is 0.0253 e. The Morgan fingerprint density at radius 3 is 2.33 bits per heavy atom. The molecule has 3 N–H and O–H groups in total. The van der Waals surface area contributed by atoms with Gasteiger partial charge in [0, 0.05) is 6.04 Å². The topological polar surface area (TPSA) is 38.0 Å². The zero-order valence-electron chi connectivity index (χ0n) is 12.5. The molecule has 102 valence electrons. The molecule has 1 rings (SSSR count). The van der Waals surface area contributed by atoms with E-state index in [1.165, 1.54) is 11.1 Å². The van der Waals surface area contributed by atoms with Crippen molar-refractivity contribution in [3.8, 4) is 0 Å². The molecule has 0 fully saturated rings. The van der Waals surface area contributed by atoms with Crippen LogP contribution in [0.15, 0.2) is 24.3 Å². The van der Waals surface area contributed by atoms with Crippen molar-refractivity contribution >= 4 is 0 Å². The lowest BCUT2D eigenvalue weighted by atomic mass is 9.78. The molecule has 0 spiro atoms. The van der Waals surface area contributed by atoms with Crippen molar-refractivity contribution in [1.82, 2.24) is 5.43 Å². The number of nitrogens with two attached hydrogens (primary N) is 1. The maximum atomic E-state index is 5.71. The predicted octanol–water partition coefficient (Wildman–Crippen LogP) is 3.44. The number of benzene rings is 1. The molecule has 0 amide bonds. The first-order valence-electron chi connectivity index (χ1n) is 6.85. The van der Waals surface area contributed by atoms with Gasteiger partial charge in [0.2, 0.25) is 0 Å². The molecule has 0 bridgehead atoms. The van der Waals surface area contributed by atoms with Crippen molar-refractivity contribution < 1.29 is 0 Å². The highest BCUT2D eigenvalue weighted by Gasteiger charge is 2.23. The molecule has 0 saturated heterocycles. The second-order valence-corrected chi connectivity index (χ2v) is 6.50. The number of rotatable bonds is 5. The largest absolute Gasteiger partial charge is 0.271 e. The monoisotopic (exact) mass is 248 g/mol. The molecule has 2 heteroatoms. The Labute approximate surface area is 112 Å². The minimum absolute atomic E-state index is 0.334. The van der Waals surface area contributed by atoms with E-state index in [0.29, 0.717) is 17.4 Å². The van der Waals surface area contributed by atoms with Gasteiger partial charge in [-0.25, -0.2) is 0 Å². The third-order valence-electron chi connectivity index (χ3n) is 4.08. The number of nitrogens with one attached hydrogen (secondary N) is 1. The highest BCUT2D eigenvalue weighted by Crippen LogP contribution is 2.29. The van der Waals surface area contributed by atoms with E-state index in [9.17, 15) is 0 Å². The van der Waals surface area contributed by atoms with Crippen LogP contribution in [0.3, 0.4) is 0 Å². The van der Waals surface area contributed by atoms with Gasteiger partial charge >= 0.3 is 0 Å². The van der Waals surface area contributed by atoms with Crippen LogP contribution in [0, 0.1) is 18.3 Å². The van der Waals surface area contributed by atoms with Gasteiger partial charge in [-0.05, 0) is 42.2 Å². The first-order valence-corrected chi connectivity index (χ1v) is 6.85. The summed E-state index contributed by atoms with van der Waals surface area (Å²) in [5, 5.41) is 0. The van der Waals surface area contributed by atoms with Crippen LogP contribution in [0.25, 0.3) is 0 Å². The molecule has 0 aromatic heterocycles. The molecule has 0 saturated carbocycles. The molecule has 1 aromatic carbocycles. The Hall–Kier alpha value is -0.860. The van der Waals surface area contributed by atoms with Crippen LogP contribution in [0.2, 0.25) is 0 Å². The fourth-order valence-electron chi connectivity index (χ4n) is 2.10. The van der Waals surface area contributed by atoms with Crippen LogP contribution >= 0.6 is 0 Å². The SMILES string of the molecule is Cc1ccccc1CC(CC(C)C(C)(C)C)NN. The van der Waals surface area contributed by atoms with Gasteiger partial charge in [0.1, 0.15) is 0 Å². The van der Waals surface area contributed by atoms with Crippen LogP contribution in [0.4, 0.5) is 0 Å². The molecular weight excluding hydrogens is 220 g/mol. The Morgan fingerprint density at radius 2 is 1.83 bits per heavy atom. The van der Waals surface area contributed by atoms with Crippen LogP contribution in [-0.2, 0) is 6.42 Å². The summed E-state index contributed by atoms with van der Waals surface area (Å²) in [4.78, 5) is 0. The lowest BCUT2D eigenvalue weighted by Crippen LogP contribution is -2.39. The second kappa shape index (κ2) is 6.35. The third-order valence-corrected chi connectivity index (χ3v) is 4.08. The summed E-state index contributed by atoms with van der Waals surface area (Å²) < 4.78 is 0. The number of hydrogen-bond donors (Lipinski definition) is 2.